The van der Waals surface area contributed by atoms with E-state index in [0.717, 1.165) is 5.56 Å². The van der Waals surface area contributed by atoms with Crippen LogP contribution >= 0.6 is 11.6 Å². The summed E-state index contributed by atoms with van der Waals surface area (Å²) in [5.41, 5.74) is 4.18. The van der Waals surface area contributed by atoms with Gasteiger partial charge in [0.05, 0.1) is 5.71 Å². The normalized spacial score (nSPS) is 11.2. The molecule has 0 aliphatic carbocycles. The molecule has 0 atom stereocenters. The first-order valence-corrected chi connectivity index (χ1v) is 6.30. The quantitative estimate of drug-likeness (QED) is 0.680. The van der Waals surface area contributed by atoms with Gasteiger partial charge >= 0.3 is 0 Å². The summed E-state index contributed by atoms with van der Waals surface area (Å²) in [6, 6.07) is 12.4. The van der Waals surface area contributed by atoms with E-state index < -0.39 is 0 Å². The maximum atomic E-state index is 12.8. The number of benzene rings is 2. The van der Waals surface area contributed by atoms with Crippen LogP contribution in [0.25, 0.3) is 0 Å². The van der Waals surface area contributed by atoms with Crippen LogP contribution in [0.3, 0.4) is 0 Å². The number of halogens is 2. The van der Waals surface area contributed by atoms with Crippen molar-refractivity contribution in [3.8, 4) is 0 Å². The van der Waals surface area contributed by atoms with E-state index in [9.17, 15) is 9.18 Å². The van der Waals surface area contributed by atoms with Crippen LogP contribution in [0.5, 0.6) is 0 Å². The number of carbonyl (C=O) groups is 1. The Hall–Kier alpha value is -2.20. The molecule has 0 fully saturated rings. The SMILES string of the molecule is CC(=NNC(=O)c1cccc(Cl)c1)c1ccc(F)cc1. The van der Waals surface area contributed by atoms with Gasteiger partial charge in [-0.2, -0.15) is 5.10 Å². The van der Waals surface area contributed by atoms with Gasteiger partial charge in [-0.05, 0) is 42.8 Å². The number of amides is 1. The summed E-state index contributed by atoms with van der Waals surface area (Å²) < 4.78 is 12.8. The van der Waals surface area contributed by atoms with Gasteiger partial charge in [0.25, 0.3) is 5.91 Å². The molecule has 0 spiro atoms. The third-order valence-corrected chi connectivity index (χ3v) is 2.91. The van der Waals surface area contributed by atoms with Crippen LogP contribution in [0.4, 0.5) is 4.39 Å². The van der Waals surface area contributed by atoms with E-state index in [1.54, 1.807) is 43.3 Å². The Morgan fingerprint density at radius 3 is 2.50 bits per heavy atom. The second-order valence-electron chi connectivity index (χ2n) is 4.16. The molecule has 0 unspecified atom stereocenters. The third-order valence-electron chi connectivity index (χ3n) is 2.67. The van der Waals surface area contributed by atoms with Crippen molar-refractivity contribution in [2.24, 2.45) is 5.10 Å². The van der Waals surface area contributed by atoms with Crippen molar-refractivity contribution < 1.29 is 9.18 Å². The molecular formula is C15H12ClFN2O. The Kier molecular flexibility index (Phi) is 4.48. The Labute approximate surface area is 121 Å². The number of nitrogens with one attached hydrogen (secondary N) is 1. The van der Waals surface area contributed by atoms with Gasteiger partial charge in [0.15, 0.2) is 0 Å². The van der Waals surface area contributed by atoms with Crippen molar-refractivity contribution in [2.75, 3.05) is 0 Å². The topological polar surface area (TPSA) is 41.5 Å². The molecule has 2 aromatic carbocycles. The average Bonchev–Trinajstić information content (AvgIpc) is 2.45. The van der Waals surface area contributed by atoms with Crippen LogP contribution in [-0.2, 0) is 0 Å². The highest BCUT2D eigenvalue weighted by Gasteiger charge is 2.05. The van der Waals surface area contributed by atoms with Crippen molar-refractivity contribution in [2.45, 2.75) is 6.92 Å². The Morgan fingerprint density at radius 1 is 1.15 bits per heavy atom. The molecule has 0 aliphatic heterocycles. The molecule has 2 aromatic rings. The summed E-state index contributed by atoms with van der Waals surface area (Å²) in [6.45, 7) is 1.73. The summed E-state index contributed by atoms with van der Waals surface area (Å²) in [7, 11) is 0. The van der Waals surface area contributed by atoms with E-state index in [-0.39, 0.29) is 11.7 Å². The van der Waals surface area contributed by atoms with E-state index in [2.05, 4.69) is 10.5 Å². The van der Waals surface area contributed by atoms with E-state index in [0.29, 0.717) is 16.3 Å². The standard InChI is InChI=1S/C15H12ClFN2O/c1-10(11-5-7-14(17)8-6-11)18-19-15(20)12-3-2-4-13(16)9-12/h2-9H,1H3,(H,19,20). The molecule has 0 saturated carbocycles. The molecule has 0 radical (unpaired) electrons. The molecule has 0 aliphatic rings. The largest absolute Gasteiger partial charge is 0.271 e. The lowest BCUT2D eigenvalue weighted by molar-refractivity contribution is 0.0955. The molecule has 0 saturated heterocycles. The number of nitrogens with zero attached hydrogens (tertiary/aromatic N) is 1. The zero-order valence-corrected chi connectivity index (χ0v) is 11.5. The van der Waals surface area contributed by atoms with Crippen LogP contribution in [0.1, 0.15) is 22.8 Å². The van der Waals surface area contributed by atoms with E-state index in [4.69, 9.17) is 11.6 Å². The Morgan fingerprint density at radius 2 is 1.85 bits per heavy atom. The van der Waals surface area contributed by atoms with Gasteiger partial charge in [-0.15, -0.1) is 0 Å². The number of hydrogen-bond donors (Lipinski definition) is 1. The second-order valence-corrected chi connectivity index (χ2v) is 4.59. The average molecular weight is 291 g/mol. The fraction of sp³-hybridized carbons (Fsp3) is 0.0667. The van der Waals surface area contributed by atoms with Crippen LogP contribution < -0.4 is 5.43 Å². The number of hydrogen-bond acceptors (Lipinski definition) is 2. The zero-order chi connectivity index (χ0) is 14.5. The van der Waals surface area contributed by atoms with Crippen LogP contribution in [-0.4, -0.2) is 11.6 Å². The van der Waals surface area contributed by atoms with Crippen molar-refractivity contribution in [3.63, 3.8) is 0 Å². The van der Waals surface area contributed by atoms with Gasteiger partial charge in [-0.25, -0.2) is 9.82 Å². The monoisotopic (exact) mass is 290 g/mol. The summed E-state index contributed by atoms with van der Waals surface area (Å²) in [4.78, 5) is 11.8. The van der Waals surface area contributed by atoms with Gasteiger partial charge in [-0.3, -0.25) is 4.79 Å². The molecule has 0 bridgehead atoms. The highest BCUT2D eigenvalue weighted by molar-refractivity contribution is 6.30. The summed E-state index contributed by atoms with van der Waals surface area (Å²) in [5.74, 6) is -0.668. The highest BCUT2D eigenvalue weighted by Crippen LogP contribution is 2.10. The van der Waals surface area contributed by atoms with Crippen LogP contribution in [0, 0.1) is 5.82 Å². The third kappa shape index (κ3) is 3.65. The van der Waals surface area contributed by atoms with E-state index in [1.165, 1.54) is 12.1 Å². The molecule has 5 heteroatoms. The Balaban J connectivity index is 2.08. The molecule has 102 valence electrons. The van der Waals surface area contributed by atoms with Gasteiger partial charge in [0.1, 0.15) is 5.82 Å². The zero-order valence-electron chi connectivity index (χ0n) is 10.7. The molecule has 0 heterocycles. The predicted molar refractivity (Wildman–Crippen MR) is 77.5 cm³/mol. The van der Waals surface area contributed by atoms with E-state index in [1.807, 2.05) is 0 Å². The fourth-order valence-corrected chi connectivity index (χ4v) is 1.77. The summed E-state index contributed by atoms with van der Waals surface area (Å²) in [6.07, 6.45) is 0. The molecule has 3 nitrogen and oxygen atoms in total. The first-order chi connectivity index (χ1) is 9.56. The highest BCUT2D eigenvalue weighted by atomic mass is 35.5. The van der Waals surface area contributed by atoms with Crippen molar-refractivity contribution in [1.29, 1.82) is 0 Å². The van der Waals surface area contributed by atoms with Crippen LogP contribution in [0.15, 0.2) is 53.6 Å². The summed E-state index contributed by atoms with van der Waals surface area (Å²) >= 11 is 5.81. The first kappa shape index (κ1) is 14.2. The number of rotatable bonds is 3. The van der Waals surface area contributed by atoms with Gasteiger partial charge in [0.2, 0.25) is 0 Å². The van der Waals surface area contributed by atoms with Crippen molar-refractivity contribution >= 4 is 23.2 Å². The molecular weight excluding hydrogens is 279 g/mol. The molecule has 1 N–H and O–H groups in total. The maximum absolute atomic E-state index is 12.8. The van der Waals surface area contributed by atoms with Gasteiger partial charge in [0, 0.05) is 10.6 Å². The second kappa shape index (κ2) is 6.30. The van der Waals surface area contributed by atoms with Gasteiger partial charge in [-0.1, -0.05) is 29.8 Å². The predicted octanol–water partition coefficient (Wildman–Crippen LogP) is 3.63. The Bertz CT molecular complexity index is 653. The molecule has 20 heavy (non-hydrogen) atoms. The minimum atomic E-state index is -0.353. The number of hydrazone groups is 1. The summed E-state index contributed by atoms with van der Waals surface area (Å²) in [5, 5.41) is 4.46. The lowest BCUT2D eigenvalue weighted by atomic mass is 10.1. The lowest BCUT2D eigenvalue weighted by Crippen LogP contribution is -2.19. The van der Waals surface area contributed by atoms with Crippen molar-refractivity contribution in [3.05, 3.63) is 70.5 Å². The van der Waals surface area contributed by atoms with Crippen LogP contribution in [0.2, 0.25) is 5.02 Å². The van der Waals surface area contributed by atoms with Gasteiger partial charge < -0.3 is 0 Å². The minimum absolute atomic E-state index is 0.315. The minimum Gasteiger partial charge on any atom is -0.267 e. The maximum Gasteiger partial charge on any atom is 0.271 e. The van der Waals surface area contributed by atoms with E-state index >= 15 is 0 Å². The fourth-order valence-electron chi connectivity index (χ4n) is 1.58. The number of carbonyl (C=O) groups excluding carboxylic acids is 1. The molecule has 2 rings (SSSR count). The molecule has 0 aromatic heterocycles. The van der Waals surface area contributed by atoms with Crippen molar-refractivity contribution in [1.82, 2.24) is 5.43 Å². The first-order valence-electron chi connectivity index (χ1n) is 5.92. The molecule has 1 amide bonds. The smallest absolute Gasteiger partial charge is 0.267 e. The lowest BCUT2D eigenvalue weighted by Gasteiger charge is -2.03.